The molecule has 2 rings (SSSR count). The minimum atomic E-state index is -0.552. The molecule has 0 spiro atoms. The number of rotatable bonds is 3. The largest absolute Gasteiger partial charge is 0.454 e. The first-order valence-electron chi connectivity index (χ1n) is 5.32. The number of ether oxygens (including phenoxy) is 1. The summed E-state index contributed by atoms with van der Waals surface area (Å²) in [4.78, 5) is 4.00. The Morgan fingerprint density at radius 3 is 2.72 bits per heavy atom. The van der Waals surface area contributed by atoms with E-state index in [2.05, 4.69) is 20.9 Å². The Bertz CT molecular complexity index is 560. The van der Waals surface area contributed by atoms with Gasteiger partial charge in [-0.05, 0) is 46.6 Å². The molecule has 94 valence electrons. The number of aromatic nitrogens is 1. The van der Waals surface area contributed by atoms with Crippen LogP contribution in [0.3, 0.4) is 0 Å². The van der Waals surface area contributed by atoms with Gasteiger partial charge in [-0.1, -0.05) is 17.7 Å². The van der Waals surface area contributed by atoms with Crippen LogP contribution < -0.4 is 4.74 Å². The highest BCUT2D eigenvalue weighted by molar-refractivity contribution is 9.10. The number of hydrogen-bond acceptors (Lipinski definition) is 3. The van der Waals surface area contributed by atoms with Crippen molar-refractivity contribution >= 4 is 27.5 Å². The summed E-state index contributed by atoms with van der Waals surface area (Å²) in [5, 5.41) is 9.90. The van der Waals surface area contributed by atoms with E-state index in [4.69, 9.17) is 16.3 Å². The van der Waals surface area contributed by atoms with E-state index < -0.39 is 6.10 Å². The van der Waals surface area contributed by atoms with Gasteiger partial charge in [0.15, 0.2) is 0 Å². The molecule has 0 fully saturated rings. The van der Waals surface area contributed by atoms with Crippen LogP contribution in [0.2, 0.25) is 5.02 Å². The van der Waals surface area contributed by atoms with Gasteiger partial charge in [0, 0.05) is 10.7 Å². The predicted octanol–water partition coefficient (Wildman–Crippen LogP) is 4.34. The van der Waals surface area contributed by atoms with E-state index in [1.165, 1.54) is 0 Å². The number of halogens is 2. The Morgan fingerprint density at radius 2 is 2.11 bits per heavy atom. The number of aliphatic hydroxyl groups is 1. The van der Waals surface area contributed by atoms with Crippen LogP contribution in [0.5, 0.6) is 11.5 Å². The average Bonchev–Trinajstić information content (AvgIpc) is 2.31. The van der Waals surface area contributed by atoms with Crippen molar-refractivity contribution in [1.82, 2.24) is 4.98 Å². The highest BCUT2D eigenvalue weighted by atomic mass is 79.9. The number of benzene rings is 1. The van der Waals surface area contributed by atoms with Crippen molar-refractivity contribution in [2.24, 2.45) is 0 Å². The molecule has 0 aliphatic heterocycles. The topological polar surface area (TPSA) is 42.4 Å². The fourth-order valence-corrected chi connectivity index (χ4v) is 2.01. The summed E-state index contributed by atoms with van der Waals surface area (Å²) in [5.41, 5.74) is 0.750. The molecular formula is C13H11BrClNO2. The first-order chi connectivity index (χ1) is 8.56. The van der Waals surface area contributed by atoms with E-state index >= 15 is 0 Å². The fourth-order valence-electron chi connectivity index (χ4n) is 1.43. The van der Waals surface area contributed by atoms with E-state index in [0.717, 1.165) is 10.0 Å². The van der Waals surface area contributed by atoms with Gasteiger partial charge in [-0.15, -0.1) is 0 Å². The van der Waals surface area contributed by atoms with E-state index in [1.807, 2.05) is 0 Å². The molecule has 0 saturated heterocycles. The second-order valence-corrected chi connectivity index (χ2v) is 5.13. The molecular weight excluding hydrogens is 318 g/mol. The van der Waals surface area contributed by atoms with Gasteiger partial charge < -0.3 is 9.84 Å². The Labute approximate surface area is 119 Å². The summed E-state index contributed by atoms with van der Waals surface area (Å²) >= 11 is 9.41. The zero-order valence-electron chi connectivity index (χ0n) is 9.60. The quantitative estimate of drug-likeness (QED) is 0.911. The summed E-state index contributed by atoms with van der Waals surface area (Å²) in [6.07, 6.45) is 2.72. The van der Waals surface area contributed by atoms with E-state index in [-0.39, 0.29) is 0 Å². The normalized spacial score (nSPS) is 12.2. The van der Waals surface area contributed by atoms with Gasteiger partial charge in [-0.25, -0.2) is 0 Å². The molecule has 0 radical (unpaired) electrons. The monoisotopic (exact) mass is 327 g/mol. The van der Waals surface area contributed by atoms with Gasteiger partial charge in [-0.3, -0.25) is 4.98 Å². The smallest absolute Gasteiger partial charge is 0.146 e. The molecule has 18 heavy (non-hydrogen) atoms. The van der Waals surface area contributed by atoms with Crippen LogP contribution in [-0.4, -0.2) is 10.1 Å². The third kappa shape index (κ3) is 3.22. The van der Waals surface area contributed by atoms with Crippen molar-refractivity contribution in [3.63, 3.8) is 0 Å². The summed E-state index contributed by atoms with van der Waals surface area (Å²) in [5.74, 6) is 1.12. The van der Waals surface area contributed by atoms with Gasteiger partial charge in [0.1, 0.15) is 11.5 Å². The maximum Gasteiger partial charge on any atom is 0.146 e. The third-order valence-corrected chi connectivity index (χ3v) is 3.07. The maximum atomic E-state index is 9.45. The Hall–Kier alpha value is -1.10. The Kier molecular flexibility index (Phi) is 4.22. The first kappa shape index (κ1) is 13.3. The van der Waals surface area contributed by atoms with Crippen molar-refractivity contribution < 1.29 is 9.84 Å². The van der Waals surface area contributed by atoms with Crippen molar-refractivity contribution in [3.8, 4) is 11.5 Å². The zero-order chi connectivity index (χ0) is 13.1. The minimum absolute atomic E-state index is 0.452. The Morgan fingerprint density at radius 1 is 1.33 bits per heavy atom. The lowest BCUT2D eigenvalue weighted by Gasteiger charge is -2.10. The van der Waals surface area contributed by atoms with Crippen LogP contribution >= 0.6 is 27.5 Å². The molecule has 1 aromatic carbocycles. The number of aliphatic hydroxyl groups excluding tert-OH is 1. The van der Waals surface area contributed by atoms with Gasteiger partial charge >= 0.3 is 0 Å². The van der Waals surface area contributed by atoms with Gasteiger partial charge in [-0.2, -0.15) is 0 Å². The molecule has 0 bridgehead atoms. The van der Waals surface area contributed by atoms with E-state index in [1.54, 1.807) is 43.6 Å². The molecule has 3 nitrogen and oxygen atoms in total. The molecule has 0 aliphatic rings. The average molecular weight is 329 g/mol. The summed E-state index contributed by atoms with van der Waals surface area (Å²) < 4.78 is 6.45. The molecule has 1 atom stereocenters. The predicted molar refractivity (Wildman–Crippen MR) is 74.1 cm³/mol. The summed E-state index contributed by atoms with van der Waals surface area (Å²) in [6.45, 7) is 1.68. The Balaban J connectivity index is 2.24. The maximum absolute atomic E-state index is 9.45. The second kappa shape index (κ2) is 5.69. The minimum Gasteiger partial charge on any atom is -0.454 e. The van der Waals surface area contributed by atoms with Crippen molar-refractivity contribution in [2.45, 2.75) is 13.0 Å². The molecule has 0 unspecified atom stereocenters. The second-order valence-electron chi connectivity index (χ2n) is 3.81. The molecule has 0 amide bonds. The molecule has 1 heterocycles. The summed E-state index contributed by atoms with van der Waals surface area (Å²) in [6, 6.07) is 6.99. The lowest BCUT2D eigenvalue weighted by molar-refractivity contribution is 0.199. The molecule has 0 aliphatic carbocycles. The lowest BCUT2D eigenvalue weighted by atomic mass is 10.1. The molecule has 1 aromatic heterocycles. The standard InChI is InChI=1S/C13H11BrClNO2/c1-8(17)9-2-3-13(12(15)4-9)18-11-5-10(14)6-16-7-11/h2-8,17H,1H3/t8-/m0/s1. The zero-order valence-corrected chi connectivity index (χ0v) is 11.9. The van der Waals surface area contributed by atoms with Crippen LogP contribution in [0.4, 0.5) is 0 Å². The molecule has 5 heteroatoms. The highest BCUT2D eigenvalue weighted by Gasteiger charge is 2.07. The fraction of sp³-hybridized carbons (Fsp3) is 0.154. The number of nitrogens with zero attached hydrogens (tertiary/aromatic N) is 1. The lowest BCUT2D eigenvalue weighted by Crippen LogP contribution is -1.92. The summed E-state index contributed by atoms with van der Waals surface area (Å²) in [7, 11) is 0. The van der Waals surface area contributed by atoms with Gasteiger partial charge in [0.25, 0.3) is 0 Å². The van der Waals surface area contributed by atoms with Crippen molar-refractivity contribution in [1.29, 1.82) is 0 Å². The van der Waals surface area contributed by atoms with E-state index in [0.29, 0.717) is 16.5 Å². The van der Waals surface area contributed by atoms with Crippen LogP contribution in [0.25, 0.3) is 0 Å². The number of hydrogen-bond donors (Lipinski definition) is 1. The molecule has 2 aromatic rings. The van der Waals surface area contributed by atoms with Crippen LogP contribution in [0, 0.1) is 0 Å². The van der Waals surface area contributed by atoms with Crippen LogP contribution in [-0.2, 0) is 0 Å². The van der Waals surface area contributed by atoms with Crippen LogP contribution in [0.15, 0.2) is 41.1 Å². The van der Waals surface area contributed by atoms with E-state index in [9.17, 15) is 5.11 Å². The van der Waals surface area contributed by atoms with Crippen molar-refractivity contribution in [2.75, 3.05) is 0 Å². The first-order valence-corrected chi connectivity index (χ1v) is 6.49. The van der Waals surface area contributed by atoms with Gasteiger partial charge in [0.2, 0.25) is 0 Å². The highest BCUT2D eigenvalue weighted by Crippen LogP contribution is 2.32. The molecule has 1 N–H and O–H groups in total. The van der Waals surface area contributed by atoms with Crippen molar-refractivity contribution in [3.05, 3.63) is 51.7 Å². The SMILES string of the molecule is C[C@H](O)c1ccc(Oc2cncc(Br)c2)c(Cl)c1. The third-order valence-electron chi connectivity index (χ3n) is 2.35. The number of pyridine rings is 1. The molecule has 0 saturated carbocycles. The van der Waals surface area contributed by atoms with Crippen LogP contribution in [0.1, 0.15) is 18.6 Å². The van der Waals surface area contributed by atoms with Gasteiger partial charge in [0.05, 0.1) is 17.3 Å².